The van der Waals surface area contributed by atoms with Crippen molar-refractivity contribution in [2.45, 2.75) is 33.3 Å². The van der Waals surface area contributed by atoms with Gasteiger partial charge in [0.25, 0.3) is 5.91 Å². The van der Waals surface area contributed by atoms with Crippen LogP contribution in [0.3, 0.4) is 0 Å². The molecule has 0 aliphatic carbocycles. The molecule has 94 valence electrons. The van der Waals surface area contributed by atoms with E-state index < -0.39 is 5.60 Å². The fraction of sp³-hybridized carbons (Fsp3) is 0.462. The first-order chi connectivity index (χ1) is 7.83. The smallest absolute Gasteiger partial charge is 0.274 e. The molecule has 4 nitrogen and oxygen atoms in total. The van der Waals surface area contributed by atoms with Gasteiger partial charge in [0, 0.05) is 5.56 Å². The van der Waals surface area contributed by atoms with Crippen LogP contribution in [0.15, 0.2) is 18.2 Å². The predicted octanol–water partition coefficient (Wildman–Crippen LogP) is 2.46. The molecular weight excluding hydrogens is 218 g/mol. The fourth-order valence-electron chi connectivity index (χ4n) is 1.22. The molecule has 0 aliphatic rings. The van der Waals surface area contributed by atoms with E-state index in [0.29, 0.717) is 11.3 Å². The van der Waals surface area contributed by atoms with E-state index in [2.05, 4.69) is 5.48 Å². The lowest BCUT2D eigenvalue weighted by atomic mass is 10.1. The zero-order chi connectivity index (χ0) is 13.1. The second kappa shape index (κ2) is 5.19. The monoisotopic (exact) mass is 237 g/mol. The maximum Gasteiger partial charge on any atom is 0.274 e. The van der Waals surface area contributed by atoms with Gasteiger partial charge in [-0.1, -0.05) is 6.07 Å². The minimum Gasteiger partial charge on any atom is -0.496 e. The van der Waals surface area contributed by atoms with Gasteiger partial charge in [-0.3, -0.25) is 9.63 Å². The van der Waals surface area contributed by atoms with Crippen LogP contribution in [0.1, 0.15) is 36.7 Å². The quantitative estimate of drug-likeness (QED) is 0.821. The third kappa shape index (κ3) is 4.07. The van der Waals surface area contributed by atoms with Crippen LogP contribution in [0.2, 0.25) is 0 Å². The predicted molar refractivity (Wildman–Crippen MR) is 66.0 cm³/mol. The first-order valence-electron chi connectivity index (χ1n) is 5.46. The molecule has 1 amide bonds. The summed E-state index contributed by atoms with van der Waals surface area (Å²) in [5.74, 6) is 0.409. The summed E-state index contributed by atoms with van der Waals surface area (Å²) in [6.07, 6.45) is 0. The maximum absolute atomic E-state index is 11.8. The third-order valence-corrected chi connectivity index (χ3v) is 2.12. The number of benzene rings is 1. The summed E-state index contributed by atoms with van der Waals surface area (Å²) in [7, 11) is 1.58. The van der Waals surface area contributed by atoms with Gasteiger partial charge in [0.2, 0.25) is 0 Å². The first kappa shape index (κ1) is 13.5. The molecule has 0 atom stereocenters. The molecule has 0 radical (unpaired) electrons. The highest BCUT2D eigenvalue weighted by atomic mass is 16.7. The largest absolute Gasteiger partial charge is 0.496 e. The van der Waals surface area contributed by atoms with Crippen LogP contribution in [0.25, 0.3) is 0 Å². The van der Waals surface area contributed by atoms with Gasteiger partial charge in [-0.2, -0.15) is 0 Å². The second-order valence-electron chi connectivity index (χ2n) is 4.83. The number of carbonyl (C=O) groups excluding carboxylic acids is 1. The highest BCUT2D eigenvalue weighted by Crippen LogP contribution is 2.19. The Labute approximate surface area is 102 Å². The average Bonchev–Trinajstić information content (AvgIpc) is 2.25. The van der Waals surface area contributed by atoms with Gasteiger partial charge in [0.1, 0.15) is 5.75 Å². The summed E-state index contributed by atoms with van der Waals surface area (Å²) in [6.45, 7) is 7.52. The molecule has 0 saturated carbocycles. The molecule has 0 spiro atoms. The van der Waals surface area contributed by atoms with E-state index in [-0.39, 0.29) is 5.91 Å². The topological polar surface area (TPSA) is 47.6 Å². The van der Waals surface area contributed by atoms with E-state index in [4.69, 9.17) is 9.57 Å². The van der Waals surface area contributed by atoms with Crippen molar-refractivity contribution >= 4 is 5.91 Å². The van der Waals surface area contributed by atoms with Gasteiger partial charge in [-0.15, -0.1) is 0 Å². The summed E-state index contributed by atoms with van der Waals surface area (Å²) >= 11 is 0. The van der Waals surface area contributed by atoms with Crippen LogP contribution in [0.4, 0.5) is 0 Å². The van der Waals surface area contributed by atoms with Crippen molar-refractivity contribution in [3.05, 3.63) is 29.3 Å². The van der Waals surface area contributed by atoms with E-state index in [0.717, 1.165) is 5.56 Å². The van der Waals surface area contributed by atoms with Crippen molar-refractivity contribution < 1.29 is 14.4 Å². The maximum atomic E-state index is 11.8. The van der Waals surface area contributed by atoms with Gasteiger partial charge in [-0.05, 0) is 45.4 Å². The number of aryl methyl sites for hydroxylation is 1. The molecule has 0 heterocycles. The summed E-state index contributed by atoms with van der Waals surface area (Å²) in [5, 5.41) is 0. The van der Waals surface area contributed by atoms with Gasteiger partial charge < -0.3 is 4.74 Å². The molecule has 0 aromatic heterocycles. The third-order valence-electron chi connectivity index (χ3n) is 2.12. The van der Waals surface area contributed by atoms with Gasteiger partial charge >= 0.3 is 0 Å². The van der Waals surface area contributed by atoms with Crippen molar-refractivity contribution in [3.8, 4) is 5.75 Å². The zero-order valence-electron chi connectivity index (χ0n) is 11.0. The molecule has 1 aromatic rings. The van der Waals surface area contributed by atoms with Gasteiger partial charge in [-0.25, -0.2) is 5.48 Å². The van der Waals surface area contributed by atoms with E-state index in [9.17, 15) is 4.79 Å². The Kier molecular flexibility index (Phi) is 4.12. The van der Waals surface area contributed by atoms with Crippen LogP contribution >= 0.6 is 0 Å². The van der Waals surface area contributed by atoms with E-state index in [1.165, 1.54) is 0 Å². The number of methoxy groups -OCH3 is 1. The Bertz CT molecular complexity index is 408. The number of rotatable bonds is 3. The summed E-state index contributed by atoms with van der Waals surface area (Å²) in [4.78, 5) is 17.0. The minimum absolute atomic E-state index is 0.279. The van der Waals surface area contributed by atoms with E-state index in [1.807, 2.05) is 33.8 Å². The van der Waals surface area contributed by atoms with Crippen molar-refractivity contribution in [2.75, 3.05) is 7.11 Å². The van der Waals surface area contributed by atoms with Gasteiger partial charge in [0.15, 0.2) is 0 Å². The summed E-state index contributed by atoms with van der Waals surface area (Å²) in [6, 6.07) is 5.26. The number of amides is 1. The molecule has 0 saturated heterocycles. The van der Waals surface area contributed by atoms with Crippen molar-refractivity contribution in [1.29, 1.82) is 0 Å². The highest BCUT2D eigenvalue weighted by molar-refractivity contribution is 5.94. The highest BCUT2D eigenvalue weighted by Gasteiger charge is 2.14. The summed E-state index contributed by atoms with van der Waals surface area (Å²) in [5.41, 5.74) is 3.50. The molecule has 0 unspecified atom stereocenters. The number of hydrogen-bond acceptors (Lipinski definition) is 3. The van der Waals surface area contributed by atoms with E-state index >= 15 is 0 Å². The number of ether oxygens (including phenoxy) is 1. The number of carbonyl (C=O) groups is 1. The van der Waals surface area contributed by atoms with E-state index in [1.54, 1.807) is 19.2 Å². The molecule has 17 heavy (non-hydrogen) atoms. The molecular formula is C13H19NO3. The molecule has 0 bridgehead atoms. The molecule has 1 N–H and O–H groups in total. The van der Waals surface area contributed by atoms with Crippen molar-refractivity contribution in [2.24, 2.45) is 0 Å². The lowest BCUT2D eigenvalue weighted by Crippen LogP contribution is -2.33. The Balaban J connectivity index is 2.76. The van der Waals surface area contributed by atoms with Crippen molar-refractivity contribution in [1.82, 2.24) is 5.48 Å². The lowest BCUT2D eigenvalue weighted by molar-refractivity contribution is -0.0589. The molecule has 0 aliphatic heterocycles. The van der Waals surface area contributed by atoms with Crippen LogP contribution < -0.4 is 10.2 Å². The molecule has 4 heteroatoms. The Morgan fingerprint density at radius 2 is 1.94 bits per heavy atom. The normalized spacial score (nSPS) is 11.1. The standard InChI is InChI=1S/C13H19NO3/c1-9-6-7-10(8-11(9)16-5)12(15)14-17-13(2,3)4/h6-8H,1-5H3,(H,14,15). The molecule has 1 aromatic carbocycles. The number of hydrogen-bond donors (Lipinski definition) is 1. The minimum atomic E-state index is -0.412. The average molecular weight is 237 g/mol. The molecule has 0 fully saturated rings. The van der Waals surface area contributed by atoms with Crippen LogP contribution in [0, 0.1) is 6.92 Å². The van der Waals surface area contributed by atoms with Crippen molar-refractivity contribution in [3.63, 3.8) is 0 Å². The van der Waals surface area contributed by atoms with Crippen LogP contribution in [-0.4, -0.2) is 18.6 Å². The van der Waals surface area contributed by atoms with Gasteiger partial charge in [0.05, 0.1) is 12.7 Å². The lowest BCUT2D eigenvalue weighted by Gasteiger charge is -2.19. The molecule has 1 rings (SSSR count). The SMILES string of the molecule is COc1cc(C(=O)NOC(C)(C)C)ccc1C. The second-order valence-corrected chi connectivity index (χ2v) is 4.83. The van der Waals surface area contributed by atoms with Crippen LogP contribution in [0.5, 0.6) is 5.75 Å². The zero-order valence-corrected chi connectivity index (χ0v) is 11.0. The Hall–Kier alpha value is -1.55. The van der Waals surface area contributed by atoms with Crippen LogP contribution in [-0.2, 0) is 4.84 Å². The Morgan fingerprint density at radius 3 is 2.47 bits per heavy atom. The first-order valence-corrected chi connectivity index (χ1v) is 5.46. The summed E-state index contributed by atoms with van der Waals surface area (Å²) < 4.78 is 5.16. The Morgan fingerprint density at radius 1 is 1.29 bits per heavy atom. The fourth-order valence-corrected chi connectivity index (χ4v) is 1.22. The number of nitrogens with one attached hydrogen (secondary N) is 1. The number of hydroxylamine groups is 1.